The molecule has 110 valence electrons. The van der Waals surface area contributed by atoms with Crippen LogP contribution in [0.1, 0.15) is 24.5 Å². The van der Waals surface area contributed by atoms with Crippen molar-refractivity contribution < 1.29 is 48.0 Å². The zero-order valence-corrected chi connectivity index (χ0v) is 16.3. The zero-order valence-electron chi connectivity index (χ0n) is 12.4. The molecule has 0 aromatic heterocycles. The van der Waals surface area contributed by atoms with E-state index in [0.717, 1.165) is 6.42 Å². The van der Waals surface area contributed by atoms with Crippen LogP contribution in [0, 0.1) is 0 Å². The first kappa shape index (κ1) is 17.7. The van der Waals surface area contributed by atoms with Crippen LogP contribution in [-0.2, 0) is 29.7 Å². The van der Waals surface area contributed by atoms with Crippen LogP contribution in [0.5, 0.6) is 0 Å². The summed E-state index contributed by atoms with van der Waals surface area (Å²) in [5, 5.41) is 0. The molecule has 0 fully saturated rings. The van der Waals surface area contributed by atoms with Crippen LogP contribution in [0.25, 0.3) is 11.1 Å². The first-order chi connectivity index (χ1) is 9.81. The van der Waals surface area contributed by atoms with E-state index >= 15 is 0 Å². The molecule has 0 N–H and O–H groups in total. The summed E-state index contributed by atoms with van der Waals surface area (Å²) in [6, 6.07) is 15.8. The predicted octanol–water partition coefficient (Wildman–Crippen LogP) is -1.79. The van der Waals surface area contributed by atoms with Gasteiger partial charge < -0.3 is 24.8 Å². The van der Waals surface area contributed by atoms with Gasteiger partial charge in [0.15, 0.2) is 0 Å². The van der Waals surface area contributed by atoms with E-state index in [4.69, 9.17) is 0 Å². The molecule has 3 heteroatoms. The van der Waals surface area contributed by atoms with Crippen LogP contribution < -0.4 is 28.1 Å². The maximum absolute atomic E-state index is 2.42. The second kappa shape index (κ2) is 7.30. The molecule has 0 bridgehead atoms. The topological polar surface area (TPSA) is 0 Å². The number of fused-ring (bicyclic) bond motifs is 3. The van der Waals surface area contributed by atoms with Gasteiger partial charge in [-0.1, -0.05) is 0 Å². The monoisotopic (exact) mass is 404 g/mol. The molecule has 2 aromatic carbocycles. The Morgan fingerprint density at radius 3 is 2.45 bits per heavy atom. The molecular formula is C19H16Cl2Zr. The van der Waals surface area contributed by atoms with Gasteiger partial charge in [0.2, 0.25) is 0 Å². The number of hydrogen-bond acceptors (Lipinski definition) is 0. The van der Waals surface area contributed by atoms with E-state index < -0.39 is 23.2 Å². The Kier molecular flexibility index (Phi) is 5.89. The molecule has 0 aliphatic heterocycles. The van der Waals surface area contributed by atoms with Crippen molar-refractivity contribution in [2.75, 3.05) is 0 Å². The number of halogens is 2. The van der Waals surface area contributed by atoms with Crippen molar-refractivity contribution in [3.05, 3.63) is 74.6 Å². The number of rotatable bonds is 2. The molecular weight excluding hydrogens is 390 g/mol. The quantitative estimate of drug-likeness (QED) is 0.472. The first-order valence-electron chi connectivity index (χ1n) is 7.16. The van der Waals surface area contributed by atoms with Crippen molar-refractivity contribution in [3.63, 3.8) is 0 Å². The standard InChI is InChI=1S/C13H9.C6H7.2ClH.Zr/c1-3-7-12-10(5-1)9-11-6-2-4-8-13(11)12;1-6-4-2-3-5-6;;;/h1-5,7-8H,9H2;4-5H,2H2,1H3;2*1H;/q;;;;+2/p-2. The average molecular weight is 406 g/mol. The van der Waals surface area contributed by atoms with Crippen LogP contribution >= 0.6 is 0 Å². The van der Waals surface area contributed by atoms with Crippen LogP contribution in [-0.4, -0.2) is 0 Å². The smallest absolute Gasteiger partial charge is 1.00 e. The Bertz CT molecular complexity index is 760. The van der Waals surface area contributed by atoms with E-state index in [9.17, 15) is 0 Å². The van der Waals surface area contributed by atoms with Gasteiger partial charge in [0.05, 0.1) is 0 Å². The molecule has 0 amide bonds. The first-order valence-corrected chi connectivity index (χ1v) is 9.61. The molecule has 0 saturated heterocycles. The third-order valence-corrected chi connectivity index (χ3v) is 7.65. The average Bonchev–Trinajstić information content (AvgIpc) is 3.03. The van der Waals surface area contributed by atoms with Gasteiger partial charge in [0.25, 0.3) is 0 Å². The predicted molar refractivity (Wildman–Crippen MR) is 80.8 cm³/mol. The molecule has 4 rings (SSSR count). The molecule has 22 heavy (non-hydrogen) atoms. The third-order valence-electron chi connectivity index (χ3n) is 4.19. The SMILES string of the molecule is CC1=CC[C]([Zr+2][c]2cccc3c2Cc2ccccc2-3)=C1.[Cl-].[Cl-]. The summed E-state index contributed by atoms with van der Waals surface area (Å²) in [7, 11) is 0. The Balaban J connectivity index is 0.000000882. The molecule has 0 saturated carbocycles. The minimum atomic E-state index is -0.607. The summed E-state index contributed by atoms with van der Waals surface area (Å²) < 4.78 is 3.40. The Morgan fingerprint density at radius 1 is 0.909 bits per heavy atom. The van der Waals surface area contributed by atoms with Crippen molar-refractivity contribution in [3.8, 4) is 11.1 Å². The van der Waals surface area contributed by atoms with E-state index in [1.165, 1.54) is 28.7 Å². The number of allylic oxidation sites excluding steroid dienone is 4. The Labute approximate surface area is 156 Å². The fourth-order valence-electron chi connectivity index (χ4n) is 3.20. The van der Waals surface area contributed by atoms with Crippen molar-refractivity contribution in [1.82, 2.24) is 0 Å². The minimum absolute atomic E-state index is 0. The van der Waals surface area contributed by atoms with Crippen LogP contribution in [0.2, 0.25) is 0 Å². The summed E-state index contributed by atoms with van der Waals surface area (Å²) in [6.07, 6.45) is 7.14. The molecule has 0 heterocycles. The van der Waals surface area contributed by atoms with Crippen LogP contribution in [0.15, 0.2) is 63.5 Å². The van der Waals surface area contributed by atoms with Crippen molar-refractivity contribution in [2.24, 2.45) is 0 Å². The van der Waals surface area contributed by atoms with Gasteiger partial charge in [-0.05, 0) is 0 Å². The minimum Gasteiger partial charge on any atom is -1.00 e. The largest absolute Gasteiger partial charge is 1.00 e. The summed E-state index contributed by atoms with van der Waals surface area (Å²) in [5.74, 6) is 0. The summed E-state index contributed by atoms with van der Waals surface area (Å²) in [6.45, 7) is 2.22. The van der Waals surface area contributed by atoms with Crippen LogP contribution in [0.4, 0.5) is 0 Å². The van der Waals surface area contributed by atoms with Crippen molar-refractivity contribution >= 4 is 3.27 Å². The van der Waals surface area contributed by atoms with Gasteiger partial charge in [0.1, 0.15) is 0 Å². The van der Waals surface area contributed by atoms with Gasteiger partial charge in [0, 0.05) is 0 Å². The van der Waals surface area contributed by atoms with Gasteiger partial charge >= 0.3 is 132 Å². The number of hydrogen-bond donors (Lipinski definition) is 0. The molecule has 0 atom stereocenters. The van der Waals surface area contributed by atoms with E-state index in [-0.39, 0.29) is 24.8 Å². The van der Waals surface area contributed by atoms with Crippen LogP contribution in [0.3, 0.4) is 0 Å². The molecule has 2 aromatic rings. The third kappa shape index (κ3) is 3.18. The molecule has 2 aliphatic rings. The van der Waals surface area contributed by atoms with Gasteiger partial charge in [-0.15, -0.1) is 0 Å². The van der Waals surface area contributed by atoms with Gasteiger partial charge in [-0.25, -0.2) is 0 Å². The second-order valence-corrected chi connectivity index (χ2v) is 9.13. The van der Waals surface area contributed by atoms with Crippen molar-refractivity contribution in [1.29, 1.82) is 0 Å². The maximum Gasteiger partial charge on any atom is -1.00 e. The zero-order chi connectivity index (χ0) is 13.5. The van der Waals surface area contributed by atoms with E-state index in [1.54, 1.807) is 12.1 Å². The molecule has 0 nitrogen and oxygen atoms in total. The van der Waals surface area contributed by atoms with E-state index in [0.29, 0.717) is 0 Å². The Morgan fingerprint density at radius 2 is 1.68 bits per heavy atom. The fourth-order valence-corrected chi connectivity index (χ4v) is 6.65. The van der Waals surface area contributed by atoms with E-state index in [1.807, 2.05) is 0 Å². The maximum atomic E-state index is 2.42. The molecule has 0 radical (unpaired) electrons. The molecule has 0 spiro atoms. The second-order valence-electron chi connectivity index (χ2n) is 5.61. The summed E-state index contributed by atoms with van der Waals surface area (Å²) in [4.78, 5) is 0. The van der Waals surface area contributed by atoms with Gasteiger partial charge in [-0.3, -0.25) is 0 Å². The van der Waals surface area contributed by atoms with E-state index in [2.05, 4.69) is 61.5 Å². The summed E-state index contributed by atoms with van der Waals surface area (Å²) in [5.41, 5.74) is 7.52. The normalized spacial score (nSPS) is 13.9. The summed E-state index contributed by atoms with van der Waals surface area (Å²) >= 11 is -0.607. The van der Waals surface area contributed by atoms with Crippen molar-refractivity contribution in [2.45, 2.75) is 19.8 Å². The molecule has 2 aliphatic carbocycles. The fraction of sp³-hybridized carbons (Fsp3) is 0.158. The number of benzene rings is 2. The van der Waals surface area contributed by atoms with Gasteiger partial charge in [-0.2, -0.15) is 0 Å². The Hall–Kier alpha value is -0.617. The molecule has 0 unspecified atom stereocenters.